The Hall–Kier alpha value is -7.42. The van der Waals surface area contributed by atoms with E-state index in [1.165, 1.54) is 44.5 Å². The zero-order valence-electron chi connectivity index (χ0n) is 37.8. The number of nitrogens with zero attached hydrogens (tertiary/aromatic N) is 2. The Balaban J connectivity index is 1.25. The van der Waals surface area contributed by atoms with Gasteiger partial charge >= 0.3 is 0 Å². The Morgan fingerprint density at radius 3 is 0.734 bits per heavy atom. The van der Waals surface area contributed by atoms with Crippen molar-refractivity contribution >= 4 is 34.1 Å². The summed E-state index contributed by atoms with van der Waals surface area (Å²) in [6, 6.07) is 84.1. The van der Waals surface area contributed by atoms with Crippen molar-refractivity contribution in [2.45, 2.75) is 52.4 Å². The molecular formula is C62H56N2. The third kappa shape index (κ3) is 9.19. The van der Waals surface area contributed by atoms with E-state index in [0.29, 0.717) is 0 Å². The minimum atomic E-state index is 0.0266. The van der Waals surface area contributed by atoms with Gasteiger partial charge in [0.2, 0.25) is 0 Å². The molecule has 0 N–H and O–H groups in total. The van der Waals surface area contributed by atoms with Crippen LogP contribution in [0.3, 0.4) is 0 Å². The summed E-state index contributed by atoms with van der Waals surface area (Å²) < 4.78 is 0. The number of benzene rings is 9. The molecule has 0 bridgehead atoms. The molecule has 2 heteroatoms. The molecular weight excluding hydrogens is 773 g/mol. The van der Waals surface area contributed by atoms with E-state index in [-0.39, 0.29) is 10.8 Å². The maximum atomic E-state index is 2.41. The lowest BCUT2D eigenvalue weighted by atomic mass is 9.87. The minimum Gasteiger partial charge on any atom is -0.310 e. The maximum absolute atomic E-state index is 2.41. The predicted octanol–water partition coefficient (Wildman–Crippen LogP) is 17.9. The molecule has 0 fully saturated rings. The van der Waals surface area contributed by atoms with E-state index in [1.807, 2.05) is 0 Å². The monoisotopic (exact) mass is 828 g/mol. The van der Waals surface area contributed by atoms with Gasteiger partial charge in [-0.1, -0.05) is 205 Å². The highest BCUT2D eigenvalue weighted by Gasteiger charge is 2.22. The van der Waals surface area contributed by atoms with Crippen LogP contribution in [0.5, 0.6) is 0 Å². The van der Waals surface area contributed by atoms with Crippen molar-refractivity contribution in [3.05, 3.63) is 242 Å². The van der Waals surface area contributed by atoms with Crippen LogP contribution in [0.15, 0.2) is 231 Å². The Morgan fingerprint density at radius 1 is 0.219 bits per heavy atom. The molecule has 0 spiro atoms. The van der Waals surface area contributed by atoms with Gasteiger partial charge in [0.15, 0.2) is 0 Å². The van der Waals surface area contributed by atoms with Crippen molar-refractivity contribution < 1.29 is 0 Å². The molecule has 0 saturated carbocycles. The molecule has 0 heterocycles. The van der Waals surface area contributed by atoms with Crippen LogP contribution in [0.25, 0.3) is 44.5 Å². The van der Waals surface area contributed by atoms with Gasteiger partial charge in [-0.05, 0) is 133 Å². The summed E-state index contributed by atoms with van der Waals surface area (Å²) in [7, 11) is 0. The number of anilines is 6. The molecule has 0 aliphatic carbocycles. The summed E-state index contributed by atoms with van der Waals surface area (Å²) >= 11 is 0. The highest BCUT2D eigenvalue weighted by Crippen LogP contribution is 2.45. The highest BCUT2D eigenvalue weighted by atomic mass is 15.2. The molecule has 314 valence electrons. The fourth-order valence-electron chi connectivity index (χ4n) is 8.49. The van der Waals surface area contributed by atoms with E-state index in [4.69, 9.17) is 0 Å². The van der Waals surface area contributed by atoms with Crippen LogP contribution >= 0.6 is 0 Å². The summed E-state index contributed by atoms with van der Waals surface area (Å²) in [6.45, 7) is 13.6. The van der Waals surface area contributed by atoms with Crippen LogP contribution in [0, 0.1) is 0 Å². The van der Waals surface area contributed by atoms with Gasteiger partial charge in [-0.2, -0.15) is 0 Å². The third-order valence-corrected chi connectivity index (χ3v) is 12.2. The molecule has 9 aromatic carbocycles. The van der Waals surface area contributed by atoms with Crippen LogP contribution in [-0.4, -0.2) is 0 Å². The van der Waals surface area contributed by atoms with Crippen LogP contribution < -0.4 is 9.80 Å². The number of hydrogen-bond acceptors (Lipinski definition) is 2. The van der Waals surface area contributed by atoms with E-state index in [2.05, 4.69) is 282 Å². The average Bonchev–Trinajstić information content (AvgIpc) is 3.33. The van der Waals surface area contributed by atoms with Crippen molar-refractivity contribution in [3.8, 4) is 44.5 Å². The molecule has 0 amide bonds. The molecule has 2 nitrogen and oxygen atoms in total. The molecule has 9 aromatic rings. The first-order valence-electron chi connectivity index (χ1n) is 22.4. The Kier molecular flexibility index (Phi) is 11.6. The molecule has 9 rings (SSSR count). The molecule has 0 atom stereocenters. The van der Waals surface area contributed by atoms with Gasteiger partial charge in [0, 0.05) is 34.1 Å². The first-order valence-corrected chi connectivity index (χ1v) is 22.4. The molecule has 0 aliphatic heterocycles. The molecule has 64 heavy (non-hydrogen) atoms. The number of hydrogen-bond donors (Lipinski definition) is 0. The van der Waals surface area contributed by atoms with Crippen LogP contribution in [0.1, 0.15) is 52.7 Å². The standard InChI is InChI=1S/C62H56N2/c1-61(2,3)53-30-38-57(39-31-53)63(55-34-26-49(27-35-55)46-18-12-8-13-19-46)59-42-52(51-24-22-48(23-25-51)45-16-10-7-11-17-45)43-60(44-59)64(58-40-32-54(33-41-58)62(4,5)6)56-36-28-50(29-37-56)47-20-14-9-15-21-47/h7-44H,1-6H3. The highest BCUT2D eigenvalue weighted by molar-refractivity contribution is 5.88. The van der Waals surface area contributed by atoms with Gasteiger partial charge in [0.05, 0.1) is 0 Å². The predicted molar refractivity (Wildman–Crippen MR) is 275 cm³/mol. The average molecular weight is 829 g/mol. The topological polar surface area (TPSA) is 6.48 Å². The maximum Gasteiger partial charge on any atom is 0.0488 e. The van der Waals surface area contributed by atoms with Gasteiger partial charge in [-0.25, -0.2) is 0 Å². The molecule has 0 unspecified atom stereocenters. The zero-order chi connectivity index (χ0) is 44.3. The van der Waals surface area contributed by atoms with Crippen LogP contribution in [0.4, 0.5) is 34.1 Å². The van der Waals surface area contributed by atoms with Gasteiger partial charge in [-0.15, -0.1) is 0 Å². The van der Waals surface area contributed by atoms with E-state index >= 15 is 0 Å². The van der Waals surface area contributed by atoms with E-state index in [1.54, 1.807) is 0 Å². The van der Waals surface area contributed by atoms with Crippen molar-refractivity contribution in [3.63, 3.8) is 0 Å². The van der Waals surface area contributed by atoms with E-state index in [9.17, 15) is 0 Å². The van der Waals surface area contributed by atoms with Crippen molar-refractivity contribution in [2.75, 3.05) is 9.80 Å². The van der Waals surface area contributed by atoms with Gasteiger partial charge < -0.3 is 9.80 Å². The summed E-state index contributed by atoms with van der Waals surface area (Å²) in [4.78, 5) is 4.82. The molecule has 0 aromatic heterocycles. The second-order valence-corrected chi connectivity index (χ2v) is 18.8. The lowest BCUT2D eigenvalue weighted by Crippen LogP contribution is -2.15. The lowest BCUT2D eigenvalue weighted by Gasteiger charge is -2.31. The van der Waals surface area contributed by atoms with E-state index < -0.39 is 0 Å². The normalized spacial score (nSPS) is 11.6. The quantitative estimate of drug-likeness (QED) is 0.135. The fourth-order valence-corrected chi connectivity index (χ4v) is 8.49. The third-order valence-electron chi connectivity index (χ3n) is 12.2. The zero-order valence-corrected chi connectivity index (χ0v) is 37.8. The summed E-state index contributed by atoms with van der Waals surface area (Å²) in [5.74, 6) is 0. The SMILES string of the molecule is CC(C)(C)c1ccc(N(c2ccc(-c3ccccc3)cc2)c2cc(-c3ccc(-c4ccccc4)cc3)cc(N(c3ccc(-c4ccccc4)cc3)c3ccc(C(C)(C)C)cc3)c2)cc1. The summed E-state index contributed by atoms with van der Waals surface area (Å²) in [5.41, 5.74) is 18.6. The molecule has 0 aliphatic rings. The summed E-state index contributed by atoms with van der Waals surface area (Å²) in [6.07, 6.45) is 0. The Labute approximate surface area is 380 Å². The minimum absolute atomic E-state index is 0.0266. The molecule has 0 radical (unpaired) electrons. The first kappa shape index (κ1) is 41.9. The number of rotatable bonds is 10. The van der Waals surface area contributed by atoms with Crippen molar-refractivity contribution in [2.24, 2.45) is 0 Å². The lowest BCUT2D eigenvalue weighted by molar-refractivity contribution is 0.590. The van der Waals surface area contributed by atoms with Crippen molar-refractivity contribution in [1.82, 2.24) is 0 Å². The molecule has 0 saturated heterocycles. The second kappa shape index (κ2) is 17.8. The first-order chi connectivity index (χ1) is 31.0. The fraction of sp³-hybridized carbons (Fsp3) is 0.129. The van der Waals surface area contributed by atoms with Crippen LogP contribution in [0.2, 0.25) is 0 Å². The van der Waals surface area contributed by atoms with Crippen LogP contribution in [-0.2, 0) is 10.8 Å². The van der Waals surface area contributed by atoms with Gasteiger partial charge in [0.1, 0.15) is 0 Å². The Morgan fingerprint density at radius 2 is 0.453 bits per heavy atom. The Bertz CT molecular complexity index is 2760. The summed E-state index contributed by atoms with van der Waals surface area (Å²) in [5, 5.41) is 0. The largest absolute Gasteiger partial charge is 0.310 e. The van der Waals surface area contributed by atoms with Gasteiger partial charge in [0.25, 0.3) is 0 Å². The van der Waals surface area contributed by atoms with Crippen molar-refractivity contribution in [1.29, 1.82) is 0 Å². The smallest absolute Gasteiger partial charge is 0.0488 e. The van der Waals surface area contributed by atoms with Gasteiger partial charge in [-0.3, -0.25) is 0 Å². The second-order valence-electron chi connectivity index (χ2n) is 18.8. The van der Waals surface area contributed by atoms with E-state index in [0.717, 1.165) is 45.3 Å².